The van der Waals surface area contributed by atoms with E-state index in [4.69, 9.17) is 28.5 Å². The van der Waals surface area contributed by atoms with Gasteiger partial charge in [0, 0.05) is 41.9 Å². The average Bonchev–Trinajstić information content (AvgIpc) is 3.49. The molecule has 0 saturated carbocycles. The highest BCUT2D eigenvalue weighted by Gasteiger charge is 2.37. The Morgan fingerprint density at radius 3 is 2.70 bits per heavy atom. The lowest BCUT2D eigenvalue weighted by Crippen LogP contribution is -2.25. The van der Waals surface area contributed by atoms with Gasteiger partial charge in [-0.05, 0) is 80.5 Å². The van der Waals surface area contributed by atoms with Gasteiger partial charge in [-0.3, -0.25) is 14.8 Å². The van der Waals surface area contributed by atoms with Crippen LogP contribution in [-0.4, -0.2) is 49.4 Å². The van der Waals surface area contributed by atoms with Gasteiger partial charge in [0.2, 0.25) is 5.91 Å². The molecule has 2 aromatic heterocycles. The van der Waals surface area contributed by atoms with Crippen LogP contribution in [0, 0.1) is 17.1 Å². The van der Waals surface area contributed by atoms with E-state index in [9.17, 15) is 9.59 Å². The third-order valence-electron chi connectivity index (χ3n) is 7.96. The van der Waals surface area contributed by atoms with Crippen molar-refractivity contribution < 1.29 is 9.18 Å². The maximum absolute atomic E-state index is 15.1. The molecular formula is C31H35ClFN7O2S. The molecule has 9 nitrogen and oxygen atoms in total. The molecule has 6 N–H and O–H groups in total. The number of carbonyl (C=O) groups is 1. The van der Waals surface area contributed by atoms with E-state index >= 15 is 4.39 Å². The van der Waals surface area contributed by atoms with E-state index in [-0.39, 0.29) is 34.1 Å². The van der Waals surface area contributed by atoms with Crippen molar-refractivity contribution in [2.45, 2.75) is 51.1 Å². The largest absolute Gasteiger partial charge is 0.379 e. The predicted octanol–water partition coefficient (Wildman–Crippen LogP) is 5.38. The number of fused-ring (bicyclic) bond motifs is 1. The molecule has 1 aliphatic rings. The highest BCUT2D eigenvalue weighted by atomic mass is 35.5. The molecule has 226 valence electrons. The first kappa shape index (κ1) is 30.8. The number of nitrogens with one attached hydrogen (secondary N) is 2. The van der Waals surface area contributed by atoms with Gasteiger partial charge in [0.05, 0.1) is 22.4 Å². The van der Waals surface area contributed by atoms with Crippen molar-refractivity contribution in [3.05, 3.63) is 81.1 Å². The second-order valence-electron chi connectivity index (χ2n) is 11.2. The third-order valence-corrected chi connectivity index (χ3v) is 8.99. The predicted molar refractivity (Wildman–Crippen MR) is 171 cm³/mol. The maximum atomic E-state index is 15.1. The number of H-pyrrole nitrogens is 1. The summed E-state index contributed by atoms with van der Waals surface area (Å²) in [6.45, 7) is 1.96. The molecule has 0 bridgehead atoms. The first-order valence-corrected chi connectivity index (χ1v) is 15.6. The minimum absolute atomic E-state index is 0.0375. The number of amides is 1. The van der Waals surface area contributed by atoms with E-state index in [0.717, 1.165) is 30.4 Å². The molecule has 5 rings (SSSR count). The molecule has 43 heavy (non-hydrogen) atoms. The summed E-state index contributed by atoms with van der Waals surface area (Å²) in [6.07, 6.45) is 5.46. The molecule has 0 spiro atoms. The highest BCUT2D eigenvalue weighted by Crippen LogP contribution is 2.37. The van der Waals surface area contributed by atoms with Crippen molar-refractivity contribution in [2.75, 3.05) is 12.8 Å². The van der Waals surface area contributed by atoms with Gasteiger partial charge in [0.1, 0.15) is 5.65 Å². The number of halogens is 2. The summed E-state index contributed by atoms with van der Waals surface area (Å²) in [5.74, 6) is 0.0589. The SMILES string of the molecule is C[C@H](N)CCCc1cc(Cl)c(F)c(-c2cc3cn(-c4ccc([C@H]5C[C@H](CCSC(=N)N)C(=O)N5C)cc4)c(=O)nc3[nH]2)c1. The Bertz CT molecular complexity index is 1720. The Morgan fingerprint density at radius 2 is 2.00 bits per heavy atom. The summed E-state index contributed by atoms with van der Waals surface area (Å²) in [5.41, 5.74) is 14.5. The van der Waals surface area contributed by atoms with E-state index in [2.05, 4.69) is 9.97 Å². The Hall–Kier alpha value is -3.67. The Labute approximate surface area is 258 Å². The van der Waals surface area contributed by atoms with Crippen LogP contribution >= 0.6 is 23.4 Å². The molecule has 3 atom stereocenters. The Kier molecular flexibility index (Phi) is 9.24. The number of carbonyl (C=O) groups excluding carboxylic acids is 1. The fraction of sp³-hybridized carbons (Fsp3) is 0.355. The van der Waals surface area contributed by atoms with Crippen LogP contribution < -0.4 is 17.2 Å². The van der Waals surface area contributed by atoms with E-state index < -0.39 is 11.5 Å². The molecule has 12 heteroatoms. The smallest absolute Gasteiger partial charge is 0.354 e. The van der Waals surface area contributed by atoms with Crippen molar-refractivity contribution >= 4 is 45.5 Å². The monoisotopic (exact) mass is 623 g/mol. The van der Waals surface area contributed by atoms with Crippen molar-refractivity contribution in [3.8, 4) is 16.9 Å². The van der Waals surface area contributed by atoms with Crippen LogP contribution in [0.15, 0.2) is 53.5 Å². The van der Waals surface area contributed by atoms with Gasteiger partial charge < -0.3 is 21.4 Å². The summed E-state index contributed by atoms with van der Waals surface area (Å²) in [6, 6.07) is 12.7. The fourth-order valence-electron chi connectivity index (χ4n) is 5.68. The second-order valence-corrected chi connectivity index (χ2v) is 12.7. The lowest BCUT2D eigenvalue weighted by Gasteiger charge is -2.20. The van der Waals surface area contributed by atoms with Gasteiger partial charge in [-0.1, -0.05) is 35.5 Å². The summed E-state index contributed by atoms with van der Waals surface area (Å²) in [4.78, 5) is 34.9. The Balaban J connectivity index is 1.37. The lowest BCUT2D eigenvalue weighted by molar-refractivity contribution is -0.130. The van der Waals surface area contributed by atoms with Crippen LogP contribution in [0.25, 0.3) is 28.0 Å². The third kappa shape index (κ3) is 6.79. The zero-order valence-corrected chi connectivity index (χ0v) is 25.6. The molecule has 1 saturated heterocycles. The summed E-state index contributed by atoms with van der Waals surface area (Å²) < 4.78 is 16.6. The number of nitrogens with two attached hydrogens (primary N) is 2. The van der Waals surface area contributed by atoms with Crippen LogP contribution in [0.1, 0.15) is 49.8 Å². The number of aromatic nitrogens is 3. The van der Waals surface area contributed by atoms with E-state index in [1.165, 1.54) is 16.3 Å². The van der Waals surface area contributed by atoms with Crippen molar-refractivity contribution in [2.24, 2.45) is 17.4 Å². The number of benzene rings is 2. The molecule has 0 aliphatic carbocycles. The number of amidine groups is 1. The van der Waals surface area contributed by atoms with Crippen LogP contribution in [0.3, 0.4) is 0 Å². The number of aromatic amines is 1. The molecule has 0 unspecified atom stereocenters. The summed E-state index contributed by atoms with van der Waals surface area (Å²) in [7, 11) is 1.80. The standard InChI is InChI=1S/C31H35ClFN7O2S/c1-17(34)4-3-5-18-12-23(27(33)24(32)13-18)25-14-21-16-40(31(42)38-28(21)37-25)22-8-6-19(7-9-22)26-15-20(29(41)39(26)2)10-11-43-30(35)36/h6-9,12-14,16-17,20,26H,3-5,10-11,15,34H2,1-2H3,(H3,35,36)(H,37,38,42)/t17-,20-,26+/m0/s1. The van der Waals surface area contributed by atoms with Crippen molar-refractivity contribution in [1.29, 1.82) is 5.41 Å². The number of hydrogen-bond donors (Lipinski definition) is 4. The fourth-order valence-corrected chi connectivity index (χ4v) is 6.54. The maximum Gasteiger partial charge on any atom is 0.354 e. The molecule has 2 aromatic carbocycles. The number of aryl methyl sites for hydroxylation is 1. The minimum Gasteiger partial charge on any atom is -0.379 e. The Morgan fingerprint density at radius 1 is 1.26 bits per heavy atom. The van der Waals surface area contributed by atoms with E-state index in [1.54, 1.807) is 36.3 Å². The van der Waals surface area contributed by atoms with E-state index in [1.807, 2.05) is 31.2 Å². The zero-order chi connectivity index (χ0) is 30.8. The summed E-state index contributed by atoms with van der Waals surface area (Å²) >= 11 is 7.49. The van der Waals surface area contributed by atoms with Gasteiger partial charge in [0.15, 0.2) is 11.0 Å². The van der Waals surface area contributed by atoms with E-state index in [0.29, 0.717) is 46.6 Å². The van der Waals surface area contributed by atoms with Gasteiger partial charge in [-0.15, -0.1) is 0 Å². The molecular weight excluding hydrogens is 589 g/mol. The normalized spacial score (nSPS) is 17.6. The molecule has 1 amide bonds. The molecule has 4 aromatic rings. The average molecular weight is 624 g/mol. The van der Waals surface area contributed by atoms with Crippen LogP contribution in [0.4, 0.5) is 4.39 Å². The molecule has 1 fully saturated rings. The minimum atomic E-state index is -0.537. The molecule has 0 radical (unpaired) electrons. The molecule has 1 aliphatic heterocycles. The number of likely N-dealkylation sites (tertiary alicyclic amines) is 1. The first-order valence-electron chi connectivity index (χ1n) is 14.2. The van der Waals surface area contributed by atoms with Gasteiger partial charge in [0.25, 0.3) is 0 Å². The van der Waals surface area contributed by atoms with Crippen molar-refractivity contribution in [1.82, 2.24) is 19.4 Å². The van der Waals surface area contributed by atoms with Crippen molar-refractivity contribution in [3.63, 3.8) is 0 Å². The van der Waals surface area contributed by atoms with Gasteiger partial charge >= 0.3 is 5.69 Å². The topological polar surface area (TPSA) is 147 Å². The summed E-state index contributed by atoms with van der Waals surface area (Å²) in [5, 5.41) is 8.11. The van der Waals surface area contributed by atoms with Crippen LogP contribution in [0.2, 0.25) is 5.02 Å². The lowest BCUT2D eigenvalue weighted by atomic mass is 9.97. The number of rotatable bonds is 10. The highest BCUT2D eigenvalue weighted by molar-refractivity contribution is 8.13. The number of nitrogens with zero attached hydrogens (tertiary/aromatic N) is 3. The number of thioether (sulfide) groups is 1. The van der Waals surface area contributed by atoms with Gasteiger partial charge in [-0.25, -0.2) is 9.18 Å². The van der Waals surface area contributed by atoms with Gasteiger partial charge in [-0.2, -0.15) is 4.98 Å². The number of hydrogen-bond acceptors (Lipinski definition) is 6. The van der Waals surface area contributed by atoms with Crippen LogP contribution in [0.5, 0.6) is 0 Å². The quantitative estimate of drug-likeness (QED) is 0.138. The second kappa shape index (κ2) is 12.9. The zero-order valence-electron chi connectivity index (χ0n) is 24.1. The first-order chi connectivity index (χ1) is 20.5. The van der Waals surface area contributed by atoms with Crippen LogP contribution in [-0.2, 0) is 11.2 Å². The molecule has 3 heterocycles.